The summed E-state index contributed by atoms with van der Waals surface area (Å²) in [5.74, 6) is 0.450. The van der Waals surface area contributed by atoms with E-state index in [1.54, 1.807) is 37.9 Å². The molecule has 0 fully saturated rings. The molecule has 0 unspecified atom stereocenters. The quantitative estimate of drug-likeness (QED) is 0.394. The van der Waals surface area contributed by atoms with Gasteiger partial charge in [0.1, 0.15) is 5.75 Å². The van der Waals surface area contributed by atoms with Crippen LogP contribution in [0.4, 0.5) is 0 Å². The van der Waals surface area contributed by atoms with E-state index in [0.717, 1.165) is 18.5 Å². The third-order valence-electron chi connectivity index (χ3n) is 2.55. The van der Waals surface area contributed by atoms with Crippen LogP contribution in [0.1, 0.15) is 15.9 Å². The van der Waals surface area contributed by atoms with Crippen LogP contribution in [0.5, 0.6) is 5.75 Å². The summed E-state index contributed by atoms with van der Waals surface area (Å²) in [6.07, 6.45) is 4.69. The Hall–Kier alpha value is -1.23. The van der Waals surface area contributed by atoms with Crippen molar-refractivity contribution in [1.82, 2.24) is 10.4 Å². The summed E-state index contributed by atoms with van der Waals surface area (Å²) in [7, 11) is 1.61. The summed E-state index contributed by atoms with van der Waals surface area (Å²) in [6, 6.07) is 7.19. The zero-order valence-corrected chi connectivity index (χ0v) is 15.3. The molecule has 0 atom stereocenters. The molecule has 0 bridgehead atoms. The van der Waals surface area contributed by atoms with E-state index in [9.17, 15) is 4.79 Å². The molecule has 0 spiro atoms. The lowest BCUT2D eigenvalue weighted by Crippen LogP contribution is -2.17. The monoisotopic (exact) mass is 507 g/mol. The first kappa shape index (κ1) is 16.1. The summed E-state index contributed by atoms with van der Waals surface area (Å²) < 4.78 is 7.41. The van der Waals surface area contributed by atoms with Crippen LogP contribution < -0.4 is 10.2 Å². The van der Waals surface area contributed by atoms with Gasteiger partial charge in [-0.1, -0.05) is 0 Å². The molecule has 5 nitrogen and oxygen atoms in total. The van der Waals surface area contributed by atoms with Gasteiger partial charge in [0, 0.05) is 27.1 Å². The van der Waals surface area contributed by atoms with E-state index in [4.69, 9.17) is 4.74 Å². The summed E-state index contributed by atoms with van der Waals surface area (Å²) in [5.41, 5.74) is 3.79. The standard InChI is InChI=1S/C14H11I2N3O2/c1-21-13-10(6-11(15)7-12(13)16)8-18-19-14(20)9-2-4-17-5-3-9/h2-8H,1H3,(H,19,20). The lowest BCUT2D eigenvalue weighted by atomic mass is 10.2. The van der Waals surface area contributed by atoms with Crippen molar-refractivity contribution in [2.24, 2.45) is 5.10 Å². The number of carbonyl (C=O) groups is 1. The van der Waals surface area contributed by atoms with Gasteiger partial charge in [0.05, 0.1) is 16.9 Å². The van der Waals surface area contributed by atoms with Crippen molar-refractivity contribution in [3.05, 3.63) is 54.9 Å². The first-order chi connectivity index (χ1) is 10.1. The van der Waals surface area contributed by atoms with E-state index in [1.807, 2.05) is 12.1 Å². The number of methoxy groups -OCH3 is 1. The Bertz CT molecular complexity index is 675. The van der Waals surface area contributed by atoms with E-state index in [1.165, 1.54) is 0 Å². The van der Waals surface area contributed by atoms with Gasteiger partial charge in [-0.3, -0.25) is 9.78 Å². The molecule has 1 aromatic heterocycles. The SMILES string of the molecule is COc1c(I)cc(I)cc1C=NNC(=O)c1ccncc1. The minimum Gasteiger partial charge on any atom is -0.495 e. The predicted octanol–water partition coefficient (Wildman–Crippen LogP) is 3.06. The Morgan fingerprint density at radius 1 is 1.33 bits per heavy atom. The minimum absolute atomic E-state index is 0.284. The number of carbonyl (C=O) groups excluding carboxylic acids is 1. The number of pyridine rings is 1. The maximum atomic E-state index is 11.8. The van der Waals surface area contributed by atoms with Crippen molar-refractivity contribution in [2.75, 3.05) is 7.11 Å². The summed E-state index contributed by atoms with van der Waals surface area (Å²) >= 11 is 4.42. The van der Waals surface area contributed by atoms with Gasteiger partial charge in [-0.15, -0.1) is 0 Å². The highest BCUT2D eigenvalue weighted by Crippen LogP contribution is 2.26. The number of benzene rings is 1. The van der Waals surface area contributed by atoms with Gasteiger partial charge in [0.15, 0.2) is 0 Å². The fourth-order valence-electron chi connectivity index (χ4n) is 1.62. The highest BCUT2D eigenvalue weighted by molar-refractivity contribution is 14.1. The number of hydrazone groups is 1. The van der Waals surface area contributed by atoms with Gasteiger partial charge >= 0.3 is 0 Å². The molecule has 21 heavy (non-hydrogen) atoms. The third kappa shape index (κ3) is 4.37. The van der Waals surface area contributed by atoms with Crippen molar-refractivity contribution in [1.29, 1.82) is 0 Å². The summed E-state index contributed by atoms with van der Waals surface area (Å²) in [4.78, 5) is 15.7. The third-order valence-corrected chi connectivity index (χ3v) is 3.98. The van der Waals surface area contributed by atoms with E-state index in [0.29, 0.717) is 5.56 Å². The van der Waals surface area contributed by atoms with Gasteiger partial charge in [0.2, 0.25) is 0 Å². The molecule has 1 amide bonds. The molecule has 0 saturated heterocycles. The van der Waals surface area contributed by atoms with Gasteiger partial charge in [-0.05, 0) is 69.4 Å². The lowest BCUT2D eigenvalue weighted by Gasteiger charge is -2.07. The Balaban J connectivity index is 2.13. The smallest absolute Gasteiger partial charge is 0.271 e. The molecule has 1 N–H and O–H groups in total. The average molecular weight is 507 g/mol. The van der Waals surface area contributed by atoms with Crippen LogP contribution in [0.3, 0.4) is 0 Å². The normalized spacial score (nSPS) is 10.6. The predicted molar refractivity (Wildman–Crippen MR) is 97.7 cm³/mol. The van der Waals surface area contributed by atoms with Gasteiger partial charge in [-0.2, -0.15) is 5.10 Å². The Kier molecular flexibility index (Phi) is 5.91. The maximum Gasteiger partial charge on any atom is 0.271 e. The largest absolute Gasteiger partial charge is 0.495 e. The zero-order chi connectivity index (χ0) is 15.2. The van der Waals surface area contributed by atoms with E-state index < -0.39 is 0 Å². The Morgan fingerprint density at radius 3 is 2.71 bits per heavy atom. The van der Waals surface area contributed by atoms with Crippen LogP contribution in [-0.4, -0.2) is 24.2 Å². The number of amides is 1. The van der Waals surface area contributed by atoms with Crippen molar-refractivity contribution in [2.45, 2.75) is 0 Å². The van der Waals surface area contributed by atoms with Crippen LogP contribution in [0.2, 0.25) is 0 Å². The number of hydrogen-bond donors (Lipinski definition) is 1. The fraction of sp³-hybridized carbons (Fsp3) is 0.0714. The van der Waals surface area contributed by atoms with Crippen LogP contribution in [0.25, 0.3) is 0 Å². The molecule has 2 rings (SSSR count). The number of hydrogen-bond acceptors (Lipinski definition) is 4. The molecule has 108 valence electrons. The molecule has 7 heteroatoms. The Labute approximate surface area is 149 Å². The van der Waals surface area contributed by atoms with Crippen molar-refractivity contribution < 1.29 is 9.53 Å². The van der Waals surface area contributed by atoms with Gasteiger partial charge < -0.3 is 4.74 Å². The number of ether oxygens (including phenoxy) is 1. The van der Waals surface area contributed by atoms with E-state index in [-0.39, 0.29) is 5.91 Å². The number of nitrogens with one attached hydrogen (secondary N) is 1. The average Bonchev–Trinajstić information content (AvgIpc) is 2.47. The summed E-state index contributed by atoms with van der Waals surface area (Å²) in [6.45, 7) is 0. The molecular formula is C14H11I2N3O2. The zero-order valence-electron chi connectivity index (χ0n) is 11.0. The van der Waals surface area contributed by atoms with Crippen LogP contribution in [0.15, 0.2) is 41.8 Å². The molecule has 0 radical (unpaired) electrons. The lowest BCUT2D eigenvalue weighted by molar-refractivity contribution is 0.0955. The topological polar surface area (TPSA) is 63.6 Å². The molecule has 0 aliphatic rings. The van der Waals surface area contributed by atoms with Crippen molar-refractivity contribution in [3.8, 4) is 5.75 Å². The maximum absolute atomic E-state index is 11.8. The number of aromatic nitrogens is 1. The second-order valence-corrected chi connectivity index (χ2v) is 6.35. The number of nitrogens with zero attached hydrogens (tertiary/aromatic N) is 2. The van der Waals surface area contributed by atoms with Crippen LogP contribution in [-0.2, 0) is 0 Å². The second kappa shape index (κ2) is 7.69. The fourth-order valence-corrected chi connectivity index (χ4v) is 3.73. The highest BCUT2D eigenvalue weighted by atomic mass is 127. The second-order valence-electron chi connectivity index (χ2n) is 3.95. The number of rotatable bonds is 4. The van der Waals surface area contributed by atoms with Crippen molar-refractivity contribution >= 4 is 57.3 Å². The summed E-state index contributed by atoms with van der Waals surface area (Å²) in [5, 5.41) is 3.98. The van der Waals surface area contributed by atoms with E-state index >= 15 is 0 Å². The molecular weight excluding hydrogens is 496 g/mol. The highest BCUT2D eigenvalue weighted by Gasteiger charge is 2.08. The van der Waals surface area contributed by atoms with Gasteiger partial charge in [-0.25, -0.2) is 5.43 Å². The molecule has 2 aromatic rings. The molecule has 1 heterocycles. The molecule has 0 saturated carbocycles. The molecule has 1 aromatic carbocycles. The minimum atomic E-state index is -0.284. The first-order valence-corrected chi connectivity index (χ1v) is 8.04. The first-order valence-electron chi connectivity index (χ1n) is 5.88. The van der Waals surface area contributed by atoms with Crippen molar-refractivity contribution in [3.63, 3.8) is 0 Å². The molecule has 0 aliphatic heterocycles. The van der Waals surface area contributed by atoms with E-state index in [2.05, 4.69) is 60.7 Å². The Morgan fingerprint density at radius 2 is 2.05 bits per heavy atom. The number of halogens is 2. The van der Waals surface area contributed by atoms with Crippen LogP contribution >= 0.6 is 45.2 Å². The molecule has 0 aliphatic carbocycles. The van der Waals surface area contributed by atoms with Crippen LogP contribution in [0, 0.1) is 7.14 Å². The van der Waals surface area contributed by atoms with Gasteiger partial charge in [0.25, 0.3) is 5.91 Å².